The first-order chi connectivity index (χ1) is 11.3. The van der Waals surface area contributed by atoms with Crippen LogP contribution in [0.3, 0.4) is 0 Å². The van der Waals surface area contributed by atoms with Crippen LogP contribution >= 0.6 is 0 Å². The summed E-state index contributed by atoms with van der Waals surface area (Å²) in [4.78, 5) is 12.2. The predicted molar refractivity (Wildman–Crippen MR) is 83.9 cm³/mol. The molecule has 4 nitrogen and oxygen atoms in total. The monoisotopic (exact) mass is 364 g/mol. The first-order valence-electron chi connectivity index (χ1n) is 8.31. The van der Waals surface area contributed by atoms with Gasteiger partial charge in [-0.2, -0.15) is 13.9 Å². The van der Waals surface area contributed by atoms with Crippen molar-refractivity contribution in [3.8, 4) is 0 Å². The van der Waals surface area contributed by atoms with E-state index in [0.29, 0.717) is 6.92 Å². The number of esters is 1. The molecular formula is C17H24F4N2O2. The van der Waals surface area contributed by atoms with Gasteiger partial charge >= 0.3 is 5.97 Å². The topological polar surface area (TPSA) is 44.1 Å². The van der Waals surface area contributed by atoms with Crippen molar-refractivity contribution in [2.24, 2.45) is 11.3 Å². The third kappa shape index (κ3) is 3.82. The van der Waals surface area contributed by atoms with E-state index in [-0.39, 0.29) is 43.2 Å². The molecule has 1 aromatic rings. The lowest BCUT2D eigenvalue weighted by Crippen LogP contribution is -2.29. The van der Waals surface area contributed by atoms with E-state index < -0.39 is 28.9 Å². The summed E-state index contributed by atoms with van der Waals surface area (Å²) in [5.41, 5.74) is -1.46. The molecule has 2 rings (SSSR count). The lowest BCUT2D eigenvalue weighted by Gasteiger charge is -2.29. The average Bonchev–Trinajstić information content (AvgIpc) is 2.83. The minimum absolute atomic E-state index is 0.0203. The maximum absolute atomic E-state index is 13.8. The zero-order valence-corrected chi connectivity index (χ0v) is 15.1. The van der Waals surface area contributed by atoms with Crippen molar-refractivity contribution in [1.82, 2.24) is 9.78 Å². The highest BCUT2D eigenvalue weighted by Crippen LogP contribution is 2.52. The Bertz CT molecular complexity index is 666. The number of hydrogen-bond acceptors (Lipinski definition) is 3. The van der Waals surface area contributed by atoms with E-state index >= 15 is 0 Å². The summed E-state index contributed by atoms with van der Waals surface area (Å²) in [6, 6.07) is 0. The largest absolute Gasteiger partial charge is 0.461 e. The number of nitrogens with zero attached hydrogens (tertiary/aromatic N) is 2. The van der Waals surface area contributed by atoms with E-state index in [1.165, 1.54) is 6.92 Å². The SMILES string of the molecule is CCOC(=O)c1c(C)c(C(C)(F)F)nn1CC1(C)CC(F)(F)CC1C. The normalized spacial score (nSPS) is 26.0. The summed E-state index contributed by atoms with van der Waals surface area (Å²) in [5.74, 6) is -7.17. The van der Waals surface area contributed by atoms with Crippen molar-refractivity contribution in [1.29, 1.82) is 0 Å². The molecular weight excluding hydrogens is 340 g/mol. The molecule has 8 heteroatoms. The van der Waals surface area contributed by atoms with Crippen LogP contribution in [0.4, 0.5) is 17.6 Å². The molecule has 1 aliphatic carbocycles. The van der Waals surface area contributed by atoms with E-state index in [0.717, 1.165) is 4.68 Å². The van der Waals surface area contributed by atoms with E-state index in [2.05, 4.69) is 5.10 Å². The molecule has 1 saturated carbocycles. The van der Waals surface area contributed by atoms with Crippen LogP contribution in [0, 0.1) is 18.3 Å². The van der Waals surface area contributed by atoms with E-state index in [1.807, 2.05) is 0 Å². The molecule has 0 aromatic carbocycles. The molecule has 0 bridgehead atoms. The van der Waals surface area contributed by atoms with Gasteiger partial charge in [0.25, 0.3) is 5.92 Å². The van der Waals surface area contributed by atoms with E-state index in [1.54, 1.807) is 20.8 Å². The third-order valence-corrected chi connectivity index (χ3v) is 5.04. The van der Waals surface area contributed by atoms with Gasteiger partial charge in [-0.05, 0) is 25.2 Å². The van der Waals surface area contributed by atoms with Gasteiger partial charge in [-0.25, -0.2) is 13.6 Å². The Morgan fingerprint density at radius 2 is 2.04 bits per heavy atom. The van der Waals surface area contributed by atoms with Crippen molar-refractivity contribution in [3.05, 3.63) is 17.0 Å². The van der Waals surface area contributed by atoms with Gasteiger partial charge in [0.2, 0.25) is 5.92 Å². The quantitative estimate of drug-likeness (QED) is 0.569. The molecule has 0 saturated heterocycles. The maximum Gasteiger partial charge on any atom is 0.356 e. The van der Waals surface area contributed by atoms with E-state index in [4.69, 9.17) is 4.74 Å². The molecule has 0 spiro atoms. The van der Waals surface area contributed by atoms with Crippen LogP contribution < -0.4 is 0 Å². The Labute approximate surface area is 144 Å². The summed E-state index contributed by atoms with van der Waals surface area (Å²) in [7, 11) is 0. The van der Waals surface area contributed by atoms with Gasteiger partial charge in [-0.3, -0.25) is 4.68 Å². The lowest BCUT2D eigenvalue weighted by atomic mass is 9.81. The molecule has 0 radical (unpaired) electrons. The Morgan fingerprint density at radius 3 is 2.48 bits per heavy atom. The minimum atomic E-state index is -3.25. The molecule has 2 unspecified atom stereocenters. The van der Waals surface area contributed by atoms with Gasteiger partial charge in [-0.1, -0.05) is 13.8 Å². The number of carbonyl (C=O) groups excluding carboxylic acids is 1. The summed E-state index contributed by atoms with van der Waals surface area (Å²) in [6.45, 7) is 7.07. The Morgan fingerprint density at radius 1 is 1.44 bits per heavy atom. The molecule has 0 N–H and O–H groups in total. The fraction of sp³-hybridized carbons (Fsp3) is 0.765. The van der Waals surface area contributed by atoms with Crippen molar-refractivity contribution in [2.75, 3.05) is 6.61 Å². The lowest BCUT2D eigenvalue weighted by molar-refractivity contribution is -0.00513. The van der Waals surface area contributed by atoms with Gasteiger partial charge in [-0.15, -0.1) is 0 Å². The van der Waals surface area contributed by atoms with Gasteiger partial charge in [0.15, 0.2) is 0 Å². The fourth-order valence-electron chi connectivity index (χ4n) is 3.63. The average molecular weight is 364 g/mol. The second kappa shape index (κ2) is 6.29. The molecule has 25 heavy (non-hydrogen) atoms. The highest BCUT2D eigenvalue weighted by Gasteiger charge is 2.52. The smallest absolute Gasteiger partial charge is 0.356 e. The summed E-state index contributed by atoms with van der Waals surface area (Å²) < 4.78 is 61.3. The molecule has 0 aliphatic heterocycles. The first kappa shape index (κ1) is 19.7. The molecule has 0 amide bonds. The number of aromatic nitrogens is 2. The van der Waals surface area contributed by atoms with Crippen LogP contribution in [-0.4, -0.2) is 28.3 Å². The molecule has 2 atom stereocenters. The van der Waals surface area contributed by atoms with Crippen molar-refractivity contribution in [2.45, 2.75) is 65.9 Å². The van der Waals surface area contributed by atoms with Gasteiger partial charge in [0.1, 0.15) is 11.4 Å². The second-order valence-electron chi connectivity index (χ2n) is 7.38. The van der Waals surface area contributed by atoms with Crippen LogP contribution in [0.15, 0.2) is 0 Å². The Balaban J connectivity index is 2.48. The molecule has 1 aliphatic rings. The Hall–Kier alpha value is -1.60. The standard InChI is InChI=1S/C17H24F4N2O2/c1-6-25-14(24)12-11(3)13(16(5,18)19)22-23(12)9-15(4)8-17(20,21)7-10(15)2/h10H,6-9H2,1-5H3. The Kier molecular flexibility index (Phi) is 4.96. The van der Waals surface area contributed by atoms with Crippen LogP contribution in [-0.2, 0) is 17.2 Å². The number of halogens is 4. The van der Waals surface area contributed by atoms with Crippen molar-refractivity contribution >= 4 is 5.97 Å². The van der Waals surface area contributed by atoms with Crippen LogP contribution in [0.5, 0.6) is 0 Å². The summed E-state index contributed by atoms with van der Waals surface area (Å²) in [5, 5.41) is 3.90. The van der Waals surface area contributed by atoms with Crippen LogP contribution in [0.1, 0.15) is 62.3 Å². The minimum Gasteiger partial charge on any atom is -0.461 e. The summed E-state index contributed by atoms with van der Waals surface area (Å²) >= 11 is 0. The number of ether oxygens (including phenoxy) is 1. The highest BCUT2D eigenvalue weighted by molar-refractivity contribution is 5.89. The zero-order chi connectivity index (χ0) is 19.2. The maximum atomic E-state index is 13.8. The first-order valence-corrected chi connectivity index (χ1v) is 8.31. The van der Waals surface area contributed by atoms with Crippen molar-refractivity contribution < 1.29 is 27.1 Å². The number of rotatable bonds is 5. The highest BCUT2D eigenvalue weighted by atomic mass is 19.3. The third-order valence-electron chi connectivity index (χ3n) is 5.04. The second-order valence-corrected chi connectivity index (χ2v) is 7.38. The molecule has 1 fully saturated rings. The molecule has 142 valence electrons. The zero-order valence-electron chi connectivity index (χ0n) is 15.1. The number of hydrogen-bond donors (Lipinski definition) is 0. The molecule has 1 aromatic heterocycles. The fourth-order valence-corrected chi connectivity index (χ4v) is 3.63. The molecule has 1 heterocycles. The van der Waals surface area contributed by atoms with Gasteiger partial charge in [0, 0.05) is 31.9 Å². The summed E-state index contributed by atoms with van der Waals surface area (Å²) in [6.07, 6.45) is -0.643. The van der Waals surface area contributed by atoms with Crippen molar-refractivity contribution in [3.63, 3.8) is 0 Å². The van der Waals surface area contributed by atoms with Crippen LogP contribution in [0.25, 0.3) is 0 Å². The van der Waals surface area contributed by atoms with E-state index in [9.17, 15) is 22.4 Å². The van der Waals surface area contributed by atoms with Gasteiger partial charge in [0.05, 0.1) is 6.61 Å². The number of carbonyl (C=O) groups is 1. The predicted octanol–water partition coefficient (Wildman–Crippen LogP) is 4.55. The van der Waals surface area contributed by atoms with Gasteiger partial charge < -0.3 is 4.74 Å². The number of alkyl halides is 4. The van der Waals surface area contributed by atoms with Crippen LogP contribution in [0.2, 0.25) is 0 Å².